The van der Waals surface area contributed by atoms with E-state index in [4.69, 9.17) is 4.74 Å². The van der Waals surface area contributed by atoms with Gasteiger partial charge in [0.05, 0.1) is 15.2 Å². The van der Waals surface area contributed by atoms with Gasteiger partial charge in [-0.25, -0.2) is 0 Å². The summed E-state index contributed by atoms with van der Waals surface area (Å²) < 4.78 is 5.48. The molecule has 0 radical (unpaired) electrons. The number of nitrogens with zero attached hydrogens (tertiary/aromatic N) is 1. The van der Waals surface area contributed by atoms with Crippen LogP contribution in [0, 0.1) is 0 Å². The monoisotopic (exact) mass is 433 g/mol. The minimum atomic E-state index is -2.07. The topological polar surface area (TPSA) is 46.6 Å². The molecule has 0 saturated carbocycles. The summed E-state index contributed by atoms with van der Waals surface area (Å²) >= 11 is 0. The van der Waals surface area contributed by atoms with Crippen LogP contribution in [0.4, 0.5) is 5.69 Å². The third kappa shape index (κ3) is 2.86. The Kier molecular flexibility index (Phi) is 5.42. The molecule has 0 N–H and O–H groups in total. The highest BCUT2D eigenvalue weighted by Crippen LogP contribution is 2.55. The van der Waals surface area contributed by atoms with Crippen LogP contribution in [0.1, 0.15) is 38.3 Å². The fraction of sp³-hybridized carbons (Fsp3) is 0.385. The summed E-state index contributed by atoms with van der Waals surface area (Å²) in [6, 6.07) is 18.7. The molecule has 0 saturated heterocycles. The van der Waals surface area contributed by atoms with Gasteiger partial charge >= 0.3 is 0 Å². The van der Waals surface area contributed by atoms with Gasteiger partial charge in [-0.2, -0.15) is 0 Å². The van der Waals surface area contributed by atoms with Gasteiger partial charge in [0, 0.05) is 12.7 Å². The summed E-state index contributed by atoms with van der Waals surface area (Å²) in [5, 5.41) is 0.978. The molecule has 0 fully saturated rings. The number of methoxy groups -OCH3 is 1. The number of hydrogen-bond donors (Lipinski definition) is 0. The highest BCUT2D eigenvalue weighted by atomic mass is 28.3. The van der Waals surface area contributed by atoms with Crippen molar-refractivity contribution < 1.29 is 14.3 Å². The smallest absolute Gasteiger partial charge is 0.245 e. The van der Waals surface area contributed by atoms with Gasteiger partial charge < -0.3 is 9.64 Å². The Morgan fingerprint density at radius 3 is 2.32 bits per heavy atom. The number of likely N-dealkylation sites (N-methyl/N-ethyl adjacent to an activating group) is 1. The van der Waals surface area contributed by atoms with E-state index in [1.165, 1.54) is 0 Å². The van der Waals surface area contributed by atoms with Crippen molar-refractivity contribution in [2.24, 2.45) is 0 Å². The average molecular weight is 434 g/mol. The molecule has 0 aromatic heterocycles. The number of rotatable bonds is 6. The lowest BCUT2D eigenvalue weighted by Gasteiger charge is -2.31. The molecule has 31 heavy (non-hydrogen) atoms. The third-order valence-electron chi connectivity index (χ3n) is 7.73. The summed E-state index contributed by atoms with van der Waals surface area (Å²) in [5.74, 6) is 0.717. The number of carbonyl (C=O) groups is 2. The predicted molar refractivity (Wildman–Crippen MR) is 128 cm³/mol. The third-order valence-corrected chi connectivity index (χ3v) is 13.4. The molecule has 0 bridgehead atoms. The molecule has 1 spiro atoms. The Labute approximate surface area is 185 Å². The zero-order chi connectivity index (χ0) is 22.4. The van der Waals surface area contributed by atoms with Gasteiger partial charge in [0.1, 0.15) is 11.2 Å². The number of ether oxygens (including phenoxy) is 1. The van der Waals surface area contributed by atoms with Crippen LogP contribution in [-0.4, -0.2) is 33.9 Å². The second kappa shape index (κ2) is 7.79. The molecule has 4 nitrogen and oxygen atoms in total. The summed E-state index contributed by atoms with van der Waals surface area (Å²) in [6.45, 7) is 6.64. The maximum absolute atomic E-state index is 14.4. The van der Waals surface area contributed by atoms with Crippen LogP contribution in [0.2, 0.25) is 18.1 Å². The molecule has 2 aromatic carbocycles. The largest absolute Gasteiger partial charge is 0.497 e. The van der Waals surface area contributed by atoms with Crippen LogP contribution in [0.15, 0.2) is 53.7 Å². The molecule has 0 unspecified atom stereocenters. The Morgan fingerprint density at radius 1 is 1.00 bits per heavy atom. The Balaban J connectivity index is 2.00. The number of anilines is 1. The SMILES string of the molecule is CC[Si](CC)(CC)C1=C(c2cccc(OC)c2)C[C@@]2(C1=O)C(=O)N(C)c1ccccc12. The van der Waals surface area contributed by atoms with Crippen LogP contribution in [0.3, 0.4) is 0 Å². The van der Waals surface area contributed by atoms with E-state index in [0.29, 0.717) is 6.42 Å². The molecule has 1 aliphatic carbocycles. The highest BCUT2D eigenvalue weighted by Gasteiger charge is 2.62. The standard InChI is InChI=1S/C26H31NO3Si/c1-6-31(7-2,8-3)23-20(18-12-11-13-19(16-18)30-5)17-26(24(23)28)21-14-9-10-15-22(21)27(4)25(26)29/h9-16H,6-8,17H2,1-5H3/t26-/m1/s1. The number of hydrogen-bond acceptors (Lipinski definition) is 3. The van der Waals surface area contributed by atoms with E-state index in [9.17, 15) is 9.59 Å². The van der Waals surface area contributed by atoms with E-state index in [0.717, 1.165) is 51.5 Å². The summed E-state index contributed by atoms with van der Waals surface area (Å²) in [5.41, 5.74) is 2.64. The zero-order valence-corrected chi connectivity index (χ0v) is 20.1. The number of fused-ring (bicyclic) bond motifs is 2. The van der Waals surface area contributed by atoms with Crippen LogP contribution in [0.25, 0.3) is 5.57 Å². The second-order valence-electron chi connectivity index (χ2n) is 8.72. The first-order valence-corrected chi connectivity index (χ1v) is 13.8. The van der Waals surface area contributed by atoms with Crippen molar-refractivity contribution in [1.82, 2.24) is 0 Å². The molecule has 2 aliphatic rings. The first kappa shape index (κ1) is 21.6. The second-order valence-corrected chi connectivity index (χ2v) is 13.9. The fourth-order valence-corrected chi connectivity index (χ4v) is 9.84. The molecule has 5 heteroatoms. The summed E-state index contributed by atoms with van der Waals surface area (Å²) in [7, 11) is 1.38. The molecular weight excluding hydrogens is 402 g/mol. The van der Waals surface area contributed by atoms with E-state index >= 15 is 0 Å². The number of allylic oxidation sites excluding steroid dienone is 2. The number of para-hydroxylation sites is 1. The number of benzene rings is 2. The Morgan fingerprint density at radius 2 is 1.68 bits per heavy atom. The maximum Gasteiger partial charge on any atom is 0.245 e. The van der Waals surface area contributed by atoms with E-state index in [2.05, 4.69) is 26.8 Å². The van der Waals surface area contributed by atoms with Gasteiger partial charge in [0.15, 0.2) is 5.78 Å². The van der Waals surface area contributed by atoms with Crippen molar-refractivity contribution in [3.05, 3.63) is 64.9 Å². The lowest BCUT2D eigenvalue weighted by molar-refractivity contribution is -0.130. The highest BCUT2D eigenvalue weighted by molar-refractivity contribution is 6.92. The van der Waals surface area contributed by atoms with Crippen molar-refractivity contribution in [3.8, 4) is 5.75 Å². The van der Waals surface area contributed by atoms with E-state index in [1.807, 2.05) is 42.5 Å². The lowest BCUT2D eigenvalue weighted by atomic mass is 9.77. The Bertz CT molecular complexity index is 1080. The number of amides is 1. The van der Waals surface area contributed by atoms with Crippen molar-refractivity contribution in [3.63, 3.8) is 0 Å². The van der Waals surface area contributed by atoms with Crippen molar-refractivity contribution in [2.45, 2.75) is 50.7 Å². The molecule has 1 heterocycles. The number of ketones is 1. The fourth-order valence-electron chi connectivity index (χ4n) is 5.71. The van der Waals surface area contributed by atoms with Crippen LogP contribution in [0.5, 0.6) is 5.75 Å². The summed E-state index contributed by atoms with van der Waals surface area (Å²) in [6.07, 6.45) is 0.434. The molecule has 1 aliphatic heterocycles. The normalized spacial score (nSPS) is 20.7. The number of Topliss-reactive ketones (excluding diaryl/α,β-unsaturated/α-hetero) is 1. The first-order valence-electron chi connectivity index (χ1n) is 11.2. The van der Waals surface area contributed by atoms with Crippen LogP contribution < -0.4 is 9.64 Å². The van der Waals surface area contributed by atoms with Crippen LogP contribution >= 0.6 is 0 Å². The van der Waals surface area contributed by atoms with Gasteiger partial charge in [0.25, 0.3) is 0 Å². The minimum absolute atomic E-state index is 0.0457. The van der Waals surface area contributed by atoms with Gasteiger partial charge in [-0.3, -0.25) is 9.59 Å². The van der Waals surface area contributed by atoms with E-state index < -0.39 is 13.5 Å². The molecule has 1 atom stereocenters. The van der Waals surface area contributed by atoms with Gasteiger partial charge in [0.2, 0.25) is 5.91 Å². The van der Waals surface area contributed by atoms with Crippen molar-refractivity contribution in [2.75, 3.05) is 19.1 Å². The molecule has 2 aromatic rings. The van der Waals surface area contributed by atoms with Gasteiger partial charge in [-0.15, -0.1) is 0 Å². The van der Waals surface area contributed by atoms with Crippen molar-refractivity contribution >= 4 is 31.0 Å². The van der Waals surface area contributed by atoms with Gasteiger partial charge in [-0.1, -0.05) is 69.2 Å². The Hall–Kier alpha value is -2.66. The molecule has 1 amide bonds. The zero-order valence-electron chi connectivity index (χ0n) is 19.1. The number of carbonyl (C=O) groups excluding carboxylic acids is 2. The maximum atomic E-state index is 14.4. The predicted octanol–water partition coefficient (Wildman–Crippen LogP) is 5.38. The molecular formula is C26H31NO3Si. The quantitative estimate of drug-likeness (QED) is 0.454. The van der Waals surface area contributed by atoms with Crippen LogP contribution in [-0.2, 0) is 15.0 Å². The average Bonchev–Trinajstić information content (AvgIpc) is 3.24. The molecule has 4 rings (SSSR count). The van der Waals surface area contributed by atoms with E-state index in [1.54, 1.807) is 19.1 Å². The van der Waals surface area contributed by atoms with E-state index in [-0.39, 0.29) is 11.7 Å². The van der Waals surface area contributed by atoms with Crippen molar-refractivity contribution in [1.29, 1.82) is 0 Å². The minimum Gasteiger partial charge on any atom is -0.497 e. The lowest BCUT2D eigenvalue weighted by Crippen LogP contribution is -2.47. The summed E-state index contributed by atoms with van der Waals surface area (Å²) in [4.78, 5) is 29.8. The first-order chi connectivity index (χ1) is 14.9. The molecule has 162 valence electrons. The van der Waals surface area contributed by atoms with Gasteiger partial charge in [-0.05, 0) is 46.5 Å².